The molecule has 2 saturated heterocycles. The molecule has 0 radical (unpaired) electrons. The predicted molar refractivity (Wildman–Crippen MR) is 102 cm³/mol. The molecular formula is C21H29F2N3O2. The fraction of sp³-hybridized carbons (Fsp3) is 0.667. The smallest absolute Gasteiger partial charge is 0.317 e. The van der Waals surface area contributed by atoms with Crippen LogP contribution in [0.2, 0.25) is 0 Å². The van der Waals surface area contributed by atoms with E-state index in [0.717, 1.165) is 57.2 Å². The Kier molecular flexibility index (Phi) is 5.56. The Morgan fingerprint density at radius 3 is 2.57 bits per heavy atom. The number of aliphatic hydroxyl groups is 1. The van der Waals surface area contributed by atoms with E-state index < -0.39 is 17.2 Å². The molecule has 0 aromatic heterocycles. The van der Waals surface area contributed by atoms with Gasteiger partial charge in [-0.25, -0.2) is 13.6 Å². The van der Waals surface area contributed by atoms with Gasteiger partial charge in [-0.3, -0.25) is 4.90 Å². The summed E-state index contributed by atoms with van der Waals surface area (Å²) in [5, 5.41) is 13.9. The molecule has 2 heterocycles. The second-order valence-electron chi connectivity index (χ2n) is 8.65. The number of hydrogen-bond donors (Lipinski definition) is 2. The number of halogens is 2. The number of hydrogen-bond acceptors (Lipinski definition) is 3. The number of likely N-dealkylation sites (tertiary alicyclic amines) is 2. The SMILES string of the molecule is O=C(NC1CCN(Cc2ccc(F)c(F)c2)CC1)N1CCCC(O)(C2CC2)C1. The summed E-state index contributed by atoms with van der Waals surface area (Å²) in [5.74, 6) is -1.27. The molecule has 4 rings (SSSR count). The maximum atomic E-state index is 13.4. The van der Waals surface area contributed by atoms with Gasteiger partial charge in [0, 0.05) is 32.2 Å². The summed E-state index contributed by atoms with van der Waals surface area (Å²) in [6.45, 7) is 3.33. The predicted octanol–water partition coefficient (Wildman–Crippen LogP) is 2.88. The van der Waals surface area contributed by atoms with Crippen molar-refractivity contribution in [2.24, 2.45) is 5.92 Å². The van der Waals surface area contributed by atoms with Gasteiger partial charge in [-0.1, -0.05) is 6.07 Å². The number of carbonyl (C=O) groups excluding carboxylic acids is 1. The van der Waals surface area contributed by atoms with Crippen LogP contribution in [0.4, 0.5) is 13.6 Å². The minimum Gasteiger partial charge on any atom is -0.388 e. The van der Waals surface area contributed by atoms with E-state index in [1.165, 1.54) is 12.1 Å². The maximum Gasteiger partial charge on any atom is 0.317 e. The highest BCUT2D eigenvalue weighted by atomic mass is 19.2. The third kappa shape index (κ3) is 4.46. The molecule has 1 saturated carbocycles. The zero-order valence-electron chi connectivity index (χ0n) is 16.2. The molecule has 1 atom stereocenters. The topological polar surface area (TPSA) is 55.8 Å². The first-order chi connectivity index (χ1) is 13.4. The second-order valence-corrected chi connectivity index (χ2v) is 8.65. The van der Waals surface area contributed by atoms with E-state index in [4.69, 9.17) is 0 Å². The van der Waals surface area contributed by atoms with Crippen molar-refractivity contribution >= 4 is 6.03 Å². The Bertz CT molecular complexity index is 720. The largest absolute Gasteiger partial charge is 0.388 e. The van der Waals surface area contributed by atoms with Crippen molar-refractivity contribution in [1.82, 2.24) is 15.1 Å². The van der Waals surface area contributed by atoms with Crippen LogP contribution < -0.4 is 5.32 Å². The van der Waals surface area contributed by atoms with Crippen LogP contribution in [0.25, 0.3) is 0 Å². The van der Waals surface area contributed by atoms with Crippen molar-refractivity contribution in [2.75, 3.05) is 26.2 Å². The van der Waals surface area contributed by atoms with Gasteiger partial charge in [0.05, 0.1) is 12.1 Å². The molecule has 1 aliphatic carbocycles. The molecule has 0 spiro atoms. The number of rotatable bonds is 4. The fourth-order valence-corrected chi connectivity index (χ4v) is 4.59. The van der Waals surface area contributed by atoms with Gasteiger partial charge < -0.3 is 15.3 Å². The lowest BCUT2D eigenvalue weighted by Crippen LogP contribution is -2.56. The van der Waals surface area contributed by atoms with E-state index in [2.05, 4.69) is 10.2 Å². The molecule has 28 heavy (non-hydrogen) atoms. The van der Waals surface area contributed by atoms with E-state index in [9.17, 15) is 18.7 Å². The van der Waals surface area contributed by atoms with Crippen LogP contribution in [0.15, 0.2) is 18.2 Å². The summed E-state index contributed by atoms with van der Waals surface area (Å²) >= 11 is 0. The van der Waals surface area contributed by atoms with Gasteiger partial charge in [0.2, 0.25) is 0 Å². The van der Waals surface area contributed by atoms with Gasteiger partial charge in [0.1, 0.15) is 0 Å². The summed E-state index contributed by atoms with van der Waals surface area (Å²) in [7, 11) is 0. The Morgan fingerprint density at radius 1 is 1.14 bits per heavy atom. The Labute approximate surface area is 164 Å². The minimum absolute atomic E-state index is 0.0715. The second kappa shape index (κ2) is 7.95. The van der Waals surface area contributed by atoms with Crippen molar-refractivity contribution in [1.29, 1.82) is 0 Å². The number of nitrogens with one attached hydrogen (secondary N) is 1. The molecule has 5 nitrogen and oxygen atoms in total. The highest BCUT2D eigenvalue weighted by Gasteiger charge is 2.47. The average molecular weight is 393 g/mol. The molecular weight excluding hydrogens is 364 g/mol. The monoisotopic (exact) mass is 393 g/mol. The molecule has 7 heteroatoms. The lowest BCUT2D eigenvalue weighted by Gasteiger charge is -2.40. The van der Waals surface area contributed by atoms with Crippen LogP contribution in [0.1, 0.15) is 44.1 Å². The van der Waals surface area contributed by atoms with Crippen molar-refractivity contribution in [3.8, 4) is 0 Å². The molecule has 0 bridgehead atoms. The summed E-state index contributed by atoms with van der Waals surface area (Å²) in [6.07, 6.45) is 5.45. The van der Waals surface area contributed by atoms with E-state index in [1.54, 1.807) is 11.0 Å². The quantitative estimate of drug-likeness (QED) is 0.827. The summed E-state index contributed by atoms with van der Waals surface area (Å²) in [6, 6.07) is 4.08. The van der Waals surface area contributed by atoms with E-state index >= 15 is 0 Å². The number of amides is 2. The molecule has 3 fully saturated rings. The van der Waals surface area contributed by atoms with Crippen molar-refractivity contribution in [3.05, 3.63) is 35.4 Å². The van der Waals surface area contributed by atoms with Crippen LogP contribution in [0.3, 0.4) is 0 Å². The van der Waals surface area contributed by atoms with E-state index in [-0.39, 0.29) is 12.1 Å². The van der Waals surface area contributed by atoms with Gasteiger partial charge in [0.15, 0.2) is 11.6 Å². The lowest BCUT2D eigenvalue weighted by molar-refractivity contribution is -0.0366. The number of piperidine rings is 2. The number of carbonyl (C=O) groups is 1. The van der Waals surface area contributed by atoms with Gasteiger partial charge in [-0.2, -0.15) is 0 Å². The van der Waals surface area contributed by atoms with Gasteiger partial charge in [-0.05, 0) is 62.1 Å². The Morgan fingerprint density at radius 2 is 1.89 bits per heavy atom. The first kappa shape index (κ1) is 19.6. The standard InChI is InChI=1S/C21H29F2N3O2/c22-18-5-2-15(12-19(18)23)13-25-10-6-17(7-11-25)24-20(27)26-9-1-8-21(28,14-26)16-3-4-16/h2,5,12,16-17,28H,1,3-4,6-11,13-14H2,(H,24,27). The van der Waals surface area contributed by atoms with Gasteiger partial charge >= 0.3 is 6.03 Å². The first-order valence-corrected chi connectivity index (χ1v) is 10.4. The highest BCUT2D eigenvalue weighted by Crippen LogP contribution is 2.44. The zero-order valence-corrected chi connectivity index (χ0v) is 16.2. The fourth-order valence-electron chi connectivity index (χ4n) is 4.59. The molecule has 1 aromatic carbocycles. The zero-order chi connectivity index (χ0) is 19.7. The third-order valence-electron chi connectivity index (χ3n) is 6.43. The first-order valence-electron chi connectivity index (χ1n) is 10.4. The van der Waals surface area contributed by atoms with Crippen LogP contribution in [-0.2, 0) is 6.54 Å². The van der Waals surface area contributed by atoms with E-state index in [1.807, 2.05) is 0 Å². The van der Waals surface area contributed by atoms with Crippen LogP contribution >= 0.6 is 0 Å². The minimum atomic E-state index is -0.823. The third-order valence-corrected chi connectivity index (χ3v) is 6.43. The Balaban J connectivity index is 1.23. The van der Waals surface area contributed by atoms with Crippen molar-refractivity contribution in [3.63, 3.8) is 0 Å². The van der Waals surface area contributed by atoms with Crippen molar-refractivity contribution in [2.45, 2.75) is 56.7 Å². The van der Waals surface area contributed by atoms with Gasteiger partial charge in [-0.15, -0.1) is 0 Å². The van der Waals surface area contributed by atoms with Crippen LogP contribution in [-0.4, -0.2) is 58.8 Å². The summed E-state index contributed by atoms with van der Waals surface area (Å²) in [5.41, 5.74) is 0.0673. The van der Waals surface area contributed by atoms with Crippen LogP contribution in [0, 0.1) is 17.6 Å². The molecule has 1 aromatic rings. The molecule has 2 amide bonds. The molecule has 2 N–H and O–H groups in total. The molecule has 154 valence electrons. The number of urea groups is 1. The number of β-amino-alcohol motifs (C(OH)–C–C–N with tert-alkyl or cyclic N) is 1. The van der Waals surface area contributed by atoms with Crippen molar-refractivity contribution < 1.29 is 18.7 Å². The molecule has 1 unspecified atom stereocenters. The number of benzene rings is 1. The van der Waals surface area contributed by atoms with E-state index in [0.29, 0.717) is 25.6 Å². The average Bonchev–Trinajstić information content (AvgIpc) is 3.52. The molecule has 2 aliphatic heterocycles. The summed E-state index contributed by atoms with van der Waals surface area (Å²) in [4.78, 5) is 16.6. The Hall–Kier alpha value is -1.73. The molecule has 3 aliphatic rings. The van der Waals surface area contributed by atoms with Crippen LogP contribution in [0.5, 0.6) is 0 Å². The lowest BCUT2D eigenvalue weighted by atomic mass is 9.88. The maximum absolute atomic E-state index is 13.4. The normalized spacial score (nSPS) is 27.0. The van der Waals surface area contributed by atoms with Gasteiger partial charge in [0.25, 0.3) is 0 Å². The number of nitrogens with zero attached hydrogens (tertiary/aromatic N) is 2. The summed E-state index contributed by atoms with van der Waals surface area (Å²) < 4.78 is 26.4. The highest BCUT2D eigenvalue weighted by molar-refractivity contribution is 5.74.